The summed E-state index contributed by atoms with van der Waals surface area (Å²) in [7, 11) is 0. The minimum Gasteiger partial charge on any atom is -0.444 e. The lowest BCUT2D eigenvalue weighted by molar-refractivity contribution is 0.0264. The van der Waals surface area contributed by atoms with Crippen LogP contribution in [0.25, 0.3) is 22.5 Å². The maximum absolute atomic E-state index is 12.5. The van der Waals surface area contributed by atoms with E-state index in [2.05, 4.69) is 104 Å². The zero-order valence-electron chi connectivity index (χ0n) is 44.4. The van der Waals surface area contributed by atoms with E-state index >= 15 is 0 Å². The Morgan fingerprint density at radius 1 is 0.563 bits per heavy atom. The molecule has 0 radical (unpaired) electrons. The number of benzene rings is 2. The van der Waals surface area contributed by atoms with Crippen molar-refractivity contribution in [1.82, 2.24) is 39.2 Å². The fourth-order valence-electron chi connectivity index (χ4n) is 11.5. The van der Waals surface area contributed by atoms with Crippen LogP contribution in [0.5, 0.6) is 0 Å². The summed E-state index contributed by atoms with van der Waals surface area (Å²) in [5, 5.41) is 9.79. The fraction of sp³-hybridized carbons (Fsp3) is 0.649. The van der Waals surface area contributed by atoms with E-state index in [1.807, 2.05) is 62.1 Å². The molecule has 388 valence electrons. The van der Waals surface area contributed by atoms with Gasteiger partial charge in [-0.1, -0.05) is 78.7 Å². The van der Waals surface area contributed by atoms with Crippen LogP contribution < -0.4 is 4.90 Å². The number of piperidine rings is 1. The van der Waals surface area contributed by atoms with Gasteiger partial charge in [0.1, 0.15) is 11.2 Å². The number of hydrogen-bond donors (Lipinski definition) is 0. The second-order valence-electron chi connectivity index (χ2n) is 23.1. The van der Waals surface area contributed by atoms with Gasteiger partial charge in [0.05, 0.1) is 11.4 Å². The highest BCUT2D eigenvalue weighted by Crippen LogP contribution is 2.37. The van der Waals surface area contributed by atoms with Gasteiger partial charge in [-0.2, -0.15) is 10.2 Å². The van der Waals surface area contributed by atoms with Gasteiger partial charge in [0, 0.05) is 136 Å². The summed E-state index contributed by atoms with van der Waals surface area (Å²) >= 11 is 3.58. The number of aromatic nitrogens is 4. The number of hydrogen-bond acceptors (Lipinski definition) is 9. The Balaban J connectivity index is 0.000000172. The Kier molecular flexibility index (Phi) is 17.6. The monoisotopic (exact) mass is 1040 g/mol. The molecule has 1 saturated carbocycles. The Morgan fingerprint density at radius 2 is 0.958 bits per heavy atom. The van der Waals surface area contributed by atoms with Crippen molar-refractivity contribution in [1.29, 1.82) is 0 Å². The van der Waals surface area contributed by atoms with Crippen molar-refractivity contribution in [2.45, 2.75) is 151 Å². The number of likely N-dealkylation sites (tertiary alicyclic amines) is 4. The molecule has 14 heteroatoms. The molecule has 7 heterocycles. The molecule has 0 bridgehead atoms. The number of carbonyl (C=O) groups is 2. The third-order valence-corrected chi connectivity index (χ3v) is 15.5. The van der Waals surface area contributed by atoms with E-state index in [9.17, 15) is 9.59 Å². The number of nitrogens with zero attached hydrogens (tertiary/aromatic N) is 9. The lowest BCUT2D eigenvalue weighted by atomic mass is 10.0. The molecule has 0 spiro atoms. The Bertz CT molecular complexity index is 2340. The predicted octanol–water partition coefficient (Wildman–Crippen LogP) is 11.8. The van der Waals surface area contributed by atoms with E-state index in [0.29, 0.717) is 23.7 Å². The molecule has 71 heavy (non-hydrogen) atoms. The largest absolute Gasteiger partial charge is 0.444 e. The van der Waals surface area contributed by atoms with Gasteiger partial charge in [-0.15, -0.1) is 0 Å². The first kappa shape index (κ1) is 52.9. The molecule has 2 aromatic heterocycles. The van der Waals surface area contributed by atoms with Gasteiger partial charge in [0.2, 0.25) is 0 Å². The molecule has 10 rings (SSSR count). The highest BCUT2D eigenvalue weighted by Gasteiger charge is 2.44. The summed E-state index contributed by atoms with van der Waals surface area (Å²) in [6.07, 6.45) is 17.0. The zero-order chi connectivity index (χ0) is 50.3. The molecule has 4 unspecified atom stereocenters. The minimum absolute atomic E-state index is 0.168. The van der Waals surface area contributed by atoms with Gasteiger partial charge >= 0.3 is 12.2 Å². The molecule has 2 amide bonds. The van der Waals surface area contributed by atoms with Crippen molar-refractivity contribution >= 4 is 33.8 Å². The van der Waals surface area contributed by atoms with Crippen molar-refractivity contribution < 1.29 is 19.1 Å². The number of halogens is 1. The Morgan fingerprint density at radius 3 is 1.35 bits per heavy atom. The van der Waals surface area contributed by atoms with Crippen molar-refractivity contribution in [3.05, 3.63) is 76.5 Å². The summed E-state index contributed by atoms with van der Waals surface area (Å²) in [6, 6.07) is 17.3. The van der Waals surface area contributed by atoms with Gasteiger partial charge in [-0.25, -0.2) is 9.59 Å². The van der Waals surface area contributed by atoms with Gasteiger partial charge in [0.15, 0.2) is 0 Å². The average Bonchev–Trinajstić information content (AvgIpc) is 4.21. The number of fused-ring (bicyclic) bond motifs is 2. The predicted molar refractivity (Wildman–Crippen MR) is 288 cm³/mol. The SMILES string of the molecule is C1CCCCC1.CCn1cc(CN2CC3CN(C(=O)OC(C)(C)C)CC3C2)c(-c2cccc(Br)c2)n1.CCn1cc(CN2CC3CN(C(=O)OC(C)(C)C)CC3C2)c(-c2cccc(N3CCCCC3)c2)n1. The summed E-state index contributed by atoms with van der Waals surface area (Å²) < 4.78 is 16.3. The lowest BCUT2D eigenvalue weighted by Crippen LogP contribution is -2.37. The first-order valence-electron chi connectivity index (χ1n) is 27.1. The van der Waals surface area contributed by atoms with Gasteiger partial charge < -0.3 is 24.2 Å². The quantitative estimate of drug-likeness (QED) is 0.162. The normalized spacial score (nSPS) is 22.6. The standard InChI is InChI=1S/C28H41N5O2.C23H31BrN4O2.C6H12/c1-5-33-20-24(26(29-33)21-10-9-11-25(14-21)31-12-7-6-8-13-31)17-30-15-22-18-32(19-23(22)16-30)27(34)35-28(2,3)4;1-5-28-15-19(21(25-28)16-7-6-8-20(24)9-16)12-26-10-17-13-27(14-18(17)11-26)22(29)30-23(2,3)4;1-2-4-6-5-3-1/h9-11,14,20,22-23H,5-8,12-13,15-19H2,1-4H3;6-9,15,17-18H,5,10-14H2,1-4H3;1-6H2. The first-order valence-corrected chi connectivity index (χ1v) is 27.9. The van der Waals surface area contributed by atoms with Gasteiger partial charge in [0.25, 0.3) is 0 Å². The van der Waals surface area contributed by atoms with Crippen LogP contribution in [0.4, 0.5) is 15.3 Å². The second kappa shape index (κ2) is 23.6. The molecule has 5 saturated heterocycles. The van der Waals surface area contributed by atoms with E-state index in [0.717, 1.165) is 113 Å². The van der Waals surface area contributed by atoms with E-state index in [4.69, 9.17) is 19.7 Å². The van der Waals surface area contributed by atoms with E-state index in [1.165, 1.54) is 80.2 Å². The van der Waals surface area contributed by atoms with Crippen molar-refractivity contribution in [2.24, 2.45) is 23.7 Å². The third kappa shape index (κ3) is 14.4. The van der Waals surface area contributed by atoms with Crippen LogP contribution in [0.3, 0.4) is 0 Å². The lowest BCUT2D eigenvalue weighted by Gasteiger charge is -2.29. The molecule has 5 aliphatic heterocycles. The number of rotatable bonds is 9. The summed E-state index contributed by atoms with van der Waals surface area (Å²) in [5.74, 6) is 2.09. The number of anilines is 1. The third-order valence-electron chi connectivity index (χ3n) is 15.0. The summed E-state index contributed by atoms with van der Waals surface area (Å²) in [5.41, 5.74) is 7.52. The van der Waals surface area contributed by atoms with E-state index < -0.39 is 11.2 Å². The van der Waals surface area contributed by atoms with Crippen LogP contribution in [-0.2, 0) is 35.7 Å². The maximum atomic E-state index is 12.5. The molecule has 4 aromatic rings. The molecule has 0 N–H and O–H groups in total. The van der Waals surface area contributed by atoms with E-state index in [-0.39, 0.29) is 12.2 Å². The van der Waals surface area contributed by atoms with Crippen molar-refractivity contribution in [3.63, 3.8) is 0 Å². The molecule has 13 nitrogen and oxygen atoms in total. The Hall–Kier alpha value is -4.40. The number of ether oxygens (including phenoxy) is 2. The second-order valence-corrected chi connectivity index (χ2v) is 24.1. The molecule has 2 aromatic carbocycles. The van der Waals surface area contributed by atoms with Crippen LogP contribution in [0.2, 0.25) is 0 Å². The van der Waals surface area contributed by atoms with Crippen LogP contribution in [0.15, 0.2) is 65.4 Å². The molecule has 1 aliphatic carbocycles. The molecule has 4 atom stereocenters. The van der Waals surface area contributed by atoms with Crippen molar-refractivity contribution in [3.8, 4) is 22.5 Å². The summed E-state index contributed by atoms with van der Waals surface area (Å²) in [4.78, 5) is 36.3. The highest BCUT2D eigenvalue weighted by atomic mass is 79.9. The summed E-state index contributed by atoms with van der Waals surface area (Å²) in [6.45, 7) is 28.9. The number of amides is 2. The number of carbonyl (C=O) groups excluding carboxylic acids is 2. The molecule has 6 fully saturated rings. The minimum atomic E-state index is -0.443. The first-order chi connectivity index (χ1) is 34.0. The zero-order valence-corrected chi connectivity index (χ0v) is 46.0. The smallest absolute Gasteiger partial charge is 0.410 e. The number of aryl methyl sites for hydroxylation is 2. The van der Waals surface area contributed by atoms with Crippen LogP contribution in [0, 0.1) is 23.7 Å². The van der Waals surface area contributed by atoms with Crippen molar-refractivity contribution in [2.75, 3.05) is 70.3 Å². The Labute approximate surface area is 433 Å². The average molecular weight is 1040 g/mol. The maximum Gasteiger partial charge on any atom is 0.410 e. The van der Waals surface area contributed by atoms with Crippen LogP contribution in [0.1, 0.15) is 124 Å². The topological polar surface area (TPSA) is 104 Å². The molecular formula is C57H84BrN9O4. The molecule has 6 aliphatic rings. The van der Waals surface area contributed by atoms with E-state index in [1.54, 1.807) is 0 Å². The van der Waals surface area contributed by atoms with Gasteiger partial charge in [-0.3, -0.25) is 19.2 Å². The van der Waals surface area contributed by atoms with Crippen LogP contribution in [-0.4, -0.2) is 128 Å². The van der Waals surface area contributed by atoms with Gasteiger partial charge in [-0.05, 0) is 123 Å². The van der Waals surface area contributed by atoms with Crippen LogP contribution >= 0.6 is 15.9 Å². The molecular weight excluding hydrogens is 955 g/mol. The highest BCUT2D eigenvalue weighted by molar-refractivity contribution is 9.10. The fourth-order valence-corrected chi connectivity index (χ4v) is 11.9.